The molecule has 2 aromatic rings. The van der Waals surface area contributed by atoms with Gasteiger partial charge in [0, 0.05) is 6.20 Å². The Morgan fingerprint density at radius 2 is 2.28 bits per heavy atom. The number of methoxy groups -OCH3 is 1. The predicted molar refractivity (Wildman–Crippen MR) is 75.8 cm³/mol. The first-order valence-electron chi connectivity index (χ1n) is 6.63. The highest BCUT2D eigenvalue weighted by molar-refractivity contribution is 6.39. The van der Waals surface area contributed by atoms with Gasteiger partial charge >= 0.3 is 0 Å². The highest BCUT2D eigenvalue weighted by atomic mass is 16.5. The van der Waals surface area contributed by atoms with Gasteiger partial charge in [-0.25, -0.2) is 0 Å². The zero-order valence-electron chi connectivity index (χ0n) is 11.0. The van der Waals surface area contributed by atoms with Crippen LogP contribution in [0.15, 0.2) is 18.3 Å². The van der Waals surface area contributed by atoms with E-state index in [0.29, 0.717) is 0 Å². The van der Waals surface area contributed by atoms with Crippen LogP contribution in [0, 0.1) is 11.8 Å². The van der Waals surface area contributed by atoms with Crippen molar-refractivity contribution in [3.8, 4) is 5.75 Å². The monoisotopic (exact) mass is 239 g/mol. The molecule has 0 bridgehead atoms. The van der Waals surface area contributed by atoms with Crippen LogP contribution in [0.1, 0.15) is 25.3 Å². The van der Waals surface area contributed by atoms with Gasteiger partial charge in [0.2, 0.25) is 0 Å². The van der Waals surface area contributed by atoms with Gasteiger partial charge < -0.3 is 9.72 Å². The molecule has 1 saturated carbocycles. The van der Waals surface area contributed by atoms with E-state index in [9.17, 15) is 0 Å². The number of ether oxygens (including phenoxy) is 1. The summed E-state index contributed by atoms with van der Waals surface area (Å²) < 4.78 is 5.56. The highest BCUT2D eigenvalue weighted by Gasteiger charge is 2.31. The van der Waals surface area contributed by atoms with Gasteiger partial charge in [-0.1, -0.05) is 18.5 Å². The Balaban J connectivity index is 1.93. The summed E-state index contributed by atoms with van der Waals surface area (Å²) in [6.45, 7) is 2.32. The van der Waals surface area contributed by atoms with Crippen molar-refractivity contribution in [1.29, 1.82) is 0 Å². The third kappa shape index (κ3) is 1.92. The molecule has 1 fully saturated rings. The third-order valence-electron chi connectivity index (χ3n) is 4.17. The fourth-order valence-corrected chi connectivity index (χ4v) is 2.85. The normalized spacial score (nSPS) is 22.3. The van der Waals surface area contributed by atoms with Crippen LogP contribution in [0.3, 0.4) is 0 Å². The molecular formula is C15H18BNO. The van der Waals surface area contributed by atoms with Crippen molar-refractivity contribution in [2.45, 2.75) is 26.2 Å². The van der Waals surface area contributed by atoms with E-state index in [-0.39, 0.29) is 0 Å². The second-order valence-electron chi connectivity index (χ2n) is 5.44. The smallest absolute Gasteiger partial charge is 0.146 e. The van der Waals surface area contributed by atoms with Gasteiger partial charge in [0.25, 0.3) is 0 Å². The van der Waals surface area contributed by atoms with Gasteiger partial charge in [0.15, 0.2) is 0 Å². The number of aromatic nitrogens is 1. The lowest BCUT2D eigenvalue weighted by Crippen LogP contribution is -2.07. The number of fused-ring (bicyclic) bond motifs is 1. The molecular weight excluding hydrogens is 221 g/mol. The van der Waals surface area contributed by atoms with Gasteiger partial charge in [-0.2, -0.15) is 0 Å². The van der Waals surface area contributed by atoms with Gasteiger partial charge in [-0.15, -0.1) is 0 Å². The quantitative estimate of drug-likeness (QED) is 0.815. The Kier molecular flexibility index (Phi) is 2.85. The van der Waals surface area contributed by atoms with Crippen LogP contribution in [0.5, 0.6) is 5.75 Å². The third-order valence-corrected chi connectivity index (χ3v) is 4.17. The van der Waals surface area contributed by atoms with E-state index < -0.39 is 0 Å². The summed E-state index contributed by atoms with van der Waals surface area (Å²) in [7, 11) is 7.83. The van der Waals surface area contributed by atoms with Crippen molar-refractivity contribution >= 4 is 24.2 Å². The molecule has 92 valence electrons. The molecule has 0 amide bonds. The van der Waals surface area contributed by atoms with Crippen molar-refractivity contribution in [1.82, 2.24) is 4.98 Å². The molecule has 18 heavy (non-hydrogen) atoms. The molecule has 3 rings (SSSR count). The van der Waals surface area contributed by atoms with Crippen LogP contribution in [0.25, 0.3) is 10.9 Å². The van der Waals surface area contributed by atoms with Crippen LogP contribution in [-0.4, -0.2) is 19.9 Å². The molecule has 1 aromatic carbocycles. The Bertz CT molecular complexity index is 575. The molecule has 2 atom stereocenters. The predicted octanol–water partition coefficient (Wildman–Crippen LogP) is 2.56. The molecule has 0 aliphatic heterocycles. The van der Waals surface area contributed by atoms with Crippen LogP contribution in [0.2, 0.25) is 0 Å². The van der Waals surface area contributed by atoms with Crippen molar-refractivity contribution in [3.63, 3.8) is 0 Å². The second-order valence-corrected chi connectivity index (χ2v) is 5.44. The summed E-state index contributed by atoms with van der Waals surface area (Å²) >= 11 is 0. The topological polar surface area (TPSA) is 25.0 Å². The maximum absolute atomic E-state index is 6.10. The number of benzene rings is 1. The minimum Gasteiger partial charge on any atom is -0.494 e. The SMILES string of the molecule is [B]c1cc(CC[C@H]2CC2C)c(OC)c2[nH]ccc12. The zero-order valence-corrected chi connectivity index (χ0v) is 11.0. The van der Waals surface area contributed by atoms with Crippen molar-refractivity contribution in [2.24, 2.45) is 11.8 Å². The molecule has 3 heteroatoms. The second kappa shape index (κ2) is 4.38. The van der Waals surface area contributed by atoms with E-state index >= 15 is 0 Å². The number of aromatic amines is 1. The van der Waals surface area contributed by atoms with E-state index in [2.05, 4.69) is 18.0 Å². The minimum atomic E-state index is 0.839. The fraction of sp³-hybridized carbons (Fsp3) is 0.467. The summed E-state index contributed by atoms with van der Waals surface area (Å²) in [5, 5.41) is 1.05. The highest BCUT2D eigenvalue weighted by Crippen LogP contribution is 2.42. The number of aryl methyl sites for hydroxylation is 1. The first-order valence-corrected chi connectivity index (χ1v) is 6.63. The minimum absolute atomic E-state index is 0.839. The molecule has 2 radical (unpaired) electrons. The van der Waals surface area contributed by atoms with Gasteiger partial charge in [-0.05, 0) is 48.1 Å². The molecule has 1 aromatic heterocycles. The molecule has 0 saturated heterocycles. The lowest BCUT2D eigenvalue weighted by molar-refractivity contribution is 0.413. The van der Waals surface area contributed by atoms with Crippen molar-refractivity contribution in [2.75, 3.05) is 7.11 Å². The van der Waals surface area contributed by atoms with Crippen LogP contribution in [-0.2, 0) is 6.42 Å². The van der Waals surface area contributed by atoms with Crippen LogP contribution in [0.4, 0.5) is 0 Å². The average Bonchev–Trinajstić information content (AvgIpc) is 2.87. The molecule has 0 spiro atoms. The van der Waals surface area contributed by atoms with Crippen molar-refractivity contribution in [3.05, 3.63) is 23.9 Å². The van der Waals surface area contributed by atoms with Crippen LogP contribution < -0.4 is 10.2 Å². The van der Waals surface area contributed by atoms with E-state index in [1.54, 1.807) is 7.11 Å². The van der Waals surface area contributed by atoms with E-state index in [0.717, 1.165) is 40.4 Å². The molecule has 1 unspecified atom stereocenters. The molecule has 1 N–H and O–H groups in total. The maximum Gasteiger partial charge on any atom is 0.146 e. The summed E-state index contributed by atoms with van der Waals surface area (Å²) in [6.07, 6.45) is 5.58. The number of nitrogens with one attached hydrogen (secondary N) is 1. The Labute approximate surface area is 109 Å². The van der Waals surface area contributed by atoms with E-state index in [4.69, 9.17) is 12.6 Å². The number of hydrogen-bond acceptors (Lipinski definition) is 1. The summed E-state index contributed by atoms with van der Waals surface area (Å²) in [5.41, 5.74) is 3.09. The summed E-state index contributed by atoms with van der Waals surface area (Å²) in [6, 6.07) is 4.07. The number of rotatable bonds is 4. The van der Waals surface area contributed by atoms with E-state index in [1.165, 1.54) is 18.4 Å². The largest absolute Gasteiger partial charge is 0.494 e. The molecule has 1 aliphatic rings. The first kappa shape index (κ1) is 11.7. The van der Waals surface area contributed by atoms with Gasteiger partial charge in [0.1, 0.15) is 13.6 Å². The fourth-order valence-electron chi connectivity index (χ4n) is 2.85. The zero-order chi connectivity index (χ0) is 12.7. The Hall–Kier alpha value is -1.38. The van der Waals surface area contributed by atoms with Crippen molar-refractivity contribution < 1.29 is 4.74 Å². The summed E-state index contributed by atoms with van der Waals surface area (Å²) in [4.78, 5) is 3.23. The van der Waals surface area contributed by atoms with E-state index in [1.807, 2.05) is 12.3 Å². The Morgan fingerprint density at radius 3 is 2.94 bits per heavy atom. The van der Waals surface area contributed by atoms with Gasteiger partial charge in [0.05, 0.1) is 12.6 Å². The lowest BCUT2D eigenvalue weighted by Gasteiger charge is -2.12. The maximum atomic E-state index is 6.10. The molecule has 2 nitrogen and oxygen atoms in total. The number of H-pyrrole nitrogens is 1. The summed E-state index contributed by atoms with van der Waals surface area (Å²) in [5.74, 6) is 2.76. The van der Waals surface area contributed by atoms with Gasteiger partial charge in [-0.3, -0.25) is 0 Å². The standard InChI is InChI=1S/C15H18BNO/c1-9-7-10(9)3-4-11-8-13(16)12-5-6-17-14(12)15(11)18-2/h5-6,8-10,17H,3-4,7H2,1-2H3/t9?,10-/m0/s1. The first-order chi connectivity index (χ1) is 8.70. The lowest BCUT2D eigenvalue weighted by atomic mass is 9.88. The number of hydrogen-bond donors (Lipinski definition) is 1. The Morgan fingerprint density at radius 1 is 1.50 bits per heavy atom. The average molecular weight is 239 g/mol. The van der Waals surface area contributed by atoms with Crippen LogP contribution >= 0.6 is 0 Å². The molecule has 1 heterocycles. The molecule has 1 aliphatic carbocycles.